The van der Waals surface area contributed by atoms with Gasteiger partial charge in [-0.05, 0) is 31.4 Å². The Balaban J connectivity index is 2.04. The third kappa shape index (κ3) is 1.42. The number of hydrogen-bond acceptors (Lipinski definition) is 1. The summed E-state index contributed by atoms with van der Waals surface area (Å²) in [4.78, 5) is 2.49. The van der Waals surface area contributed by atoms with Crippen LogP contribution in [0.25, 0.3) is 0 Å². The molecule has 0 N–H and O–H groups in total. The van der Waals surface area contributed by atoms with E-state index in [9.17, 15) is 0 Å². The third-order valence-corrected chi connectivity index (χ3v) is 4.28. The Labute approximate surface area is 97.8 Å². The highest BCUT2D eigenvalue weighted by Crippen LogP contribution is 2.45. The SMILES string of the molecule is CN1C[C@H]2CC=CC[C@]2(c2ccccc2)C1. The largest absolute Gasteiger partial charge is 0.305 e. The summed E-state index contributed by atoms with van der Waals surface area (Å²) in [6.45, 7) is 2.46. The molecule has 0 bridgehead atoms. The van der Waals surface area contributed by atoms with Crippen molar-refractivity contribution in [3.05, 3.63) is 48.0 Å². The zero-order valence-corrected chi connectivity index (χ0v) is 9.89. The molecular formula is C15H19N. The van der Waals surface area contributed by atoms with Gasteiger partial charge >= 0.3 is 0 Å². The van der Waals surface area contributed by atoms with E-state index >= 15 is 0 Å². The van der Waals surface area contributed by atoms with Crippen LogP contribution in [0, 0.1) is 5.92 Å². The van der Waals surface area contributed by atoms with Crippen LogP contribution in [0.3, 0.4) is 0 Å². The van der Waals surface area contributed by atoms with Gasteiger partial charge in [0.25, 0.3) is 0 Å². The molecule has 1 aromatic carbocycles. The zero-order valence-electron chi connectivity index (χ0n) is 9.89. The number of hydrogen-bond donors (Lipinski definition) is 0. The molecule has 3 rings (SSSR count). The molecule has 0 unspecified atom stereocenters. The molecular weight excluding hydrogens is 194 g/mol. The van der Waals surface area contributed by atoms with Crippen molar-refractivity contribution in [2.45, 2.75) is 18.3 Å². The fourth-order valence-electron chi connectivity index (χ4n) is 3.53. The molecule has 2 aliphatic rings. The Morgan fingerprint density at radius 1 is 1.19 bits per heavy atom. The van der Waals surface area contributed by atoms with Crippen molar-refractivity contribution < 1.29 is 0 Å². The maximum absolute atomic E-state index is 2.49. The van der Waals surface area contributed by atoms with Gasteiger partial charge in [-0.2, -0.15) is 0 Å². The van der Waals surface area contributed by atoms with Crippen molar-refractivity contribution in [3.63, 3.8) is 0 Å². The van der Waals surface area contributed by atoms with Crippen LogP contribution in [0.4, 0.5) is 0 Å². The molecule has 1 saturated heterocycles. The first-order chi connectivity index (χ1) is 7.81. The van der Waals surface area contributed by atoms with Crippen LogP contribution in [0.5, 0.6) is 0 Å². The Morgan fingerprint density at radius 2 is 2.00 bits per heavy atom. The summed E-state index contributed by atoms with van der Waals surface area (Å²) >= 11 is 0. The average molecular weight is 213 g/mol. The molecule has 1 heterocycles. The summed E-state index contributed by atoms with van der Waals surface area (Å²) in [7, 11) is 2.25. The molecule has 1 aliphatic carbocycles. The van der Waals surface area contributed by atoms with E-state index in [-0.39, 0.29) is 0 Å². The lowest BCUT2D eigenvalue weighted by molar-refractivity contribution is 0.328. The molecule has 84 valence electrons. The Bertz CT molecular complexity index is 395. The number of likely N-dealkylation sites (tertiary alicyclic amines) is 1. The van der Waals surface area contributed by atoms with Gasteiger partial charge in [0.1, 0.15) is 0 Å². The van der Waals surface area contributed by atoms with Crippen LogP contribution in [-0.4, -0.2) is 25.0 Å². The van der Waals surface area contributed by atoms with Gasteiger partial charge < -0.3 is 4.90 Å². The maximum Gasteiger partial charge on any atom is 0.0158 e. The number of rotatable bonds is 1. The topological polar surface area (TPSA) is 3.24 Å². The first kappa shape index (κ1) is 10.1. The van der Waals surface area contributed by atoms with Crippen LogP contribution in [0.15, 0.2) is 42.5 Å². The van der Waals surface area contributed by atoms with Gasteiger partial charge in [0, 0.05) is 18.5 Å². The lowest BCUT2D eigenvalue weighted by Crippen LogP contribution is -2.36. The summed E-state index contributed by atoms with van der Waals surface area (Å²) < 4.78 is 0. The minimum absolute atomic E-state index is 0.394. The number of benzene rings is 1. The second-order valence-corrected chi connectivity index (χ2v) is 5.33. The van der Waals surface area contributed by atoms with Crippen LogP contribution in [0.1, 0.15) is 18.4 Å². The molecule has 1 nitrogen and oxygen atoms in total. The fourth-order valence-corrected chi connectivity index (χ4v) is 3.53. The minimum Gasteiger partial charge on any atom is -0.305 e. The van der Waals surface area contributed by atoms with Gasteiger partial charge in [-0.25, -0.2) is 0 Å². The molecule has 1 aliphatic heterocycles. The van der Waals surface area contributed by atoms with E-state index in [4.69, 9.17) is 0 Å². The van der Waals surface area contributed by atoms with Crippen LogP contribution < -0.4 is 0 Å². The number of nitrogens with zero attached hydrogens (tertiary/aromatic N) is 1. The van der Waals surface area contributed by atoms with E-state index in [0.29, 0.717) is 5.41 Å². The highest BCUT2D eigenvalue weighted by Gasteiger charge is 2.46. The van der Waals surface area contributed by atoms with Crippen LogP contribution >= 0.6 is 0 Å². The molecule has 16 heavy (non-hydrogen) atoms. The van der Waals surface area contributed by atoms with Crippen molar-refractivity contribution >= 4 is 0 Å². The lowest BCUT2D eigenvalue weighted by Gasteiger charge is -2.36. The van der Waals surface area contributed by atoms with Gasteiger partial charge in [-0.1, -0.05) is 42.5 Å². The summed E-state index contributed by atoms with van der Waals surface area (Å²) in [6, 6.07) is 11.1. The van der Waals surface area contributed by atoms with Crippen molar-refractivity contribution in [1.29, 1.82) is 0 Å². The fraction of sp³-hybridized carbons (Fsp3) is 0.467. The van der Waals surface area contributed by atoms with E-state index in [2.05, 4.69) is 54.4 Å². The monoisotopic (exact) mass is 213 g/mol. The highest BCUT2D eigenvalue weighted by molar-refractivity contribution is 5.32. The van der Waals surface area contributed by atoms with E-state index in [1.54, 1.807) is 0 Å². The quantitative estimate of drug-likeness (QED) is 0.648. The molecule has 2 atom stereocenters. The molecule has 1 aromatic rings. The van der Waals surface area contributed by atoms with Crippen molar-refractivity contribution in [3.8, 4) is 0 Å². The predicted molar refractivity (Wildman–Crippen MR) is 67.5 cm³/mol. The number of fused-ring (bicyclic) bond motifs is 1. The van der Waals surface area contributed by atoms with E-state index < -0.39 is 0 Å². The standard InChI is InChI=1S/C15H19N/c1-16-11-14-9-5-6-10-15(14,12-16)13-7-3-2-4-8-13/h2-8,14H,9-12H2,1H3/t14-,15-/m1/s1. The van der Waals surface area contributed by atoms with E-state index in [0.717, 1.165) is 5.92 Å². The minimum atomic E-state index is 0.394. The summed E-state index contributed by atoms with van der Waals surface area (Å²) in [6.07, 6.45) is 7.21. The lowest BCUT2D eigenvalue weighted by atomic mass is 9.67. The molecule has 0 spiro atoms. The second kappa shape index (κ2) is 3.74. The second-order valence-electron chi connectivity index (χ2n) is 5.33. The summed E-state index contributed by atoms with van der Waals surface area (Å²) in [5.74, 6) is 0.810. The van der Waals surface area contributed by atoms with Gasteiger partial charge in [0.05, 0.1) is 0 Å². The first-order valence-corrected chi connectivity index (χ1v) is 6.20. The maximum atomic E-state index is 2.49. The normalized spacial score (nSPS) is 33.9. The smallest absolute Gasteiger partial charge is 0.0158 e. The third-order valence-electron chi connectivity index (χ3n) is 4.28. The predicted octanol–water partition coefficient (Wildman–Crippen LogP) is 2.84. The molecule has 0 amide bonds. The van der Waals surface area contributed by atoms with Gasteiger partial charge in [-0.3, -0.25) is 0 Å². The van der Waals surface area contributed by atoms with Crippen molar-refractivity contribution in [2.24, 2.45) is 5.92 Å². The molecule has 0 saturated carbocycles. The number of likely N-dealkylation sites (N-methyl/N-ethyl adjacent to an activating group) is 1. The Hall–Kier alpha value is -1.08. The van der Waals surface area contributed by atoms with E-state index in [1.807, 2.05) is 0 Å². The summed E-state index contributed by atoms with van der Waals surface area (Å²) in [5, 5.41) is 0. The van der Waals surface area contributed by atoms with Gasteiger partial charge in [-0.15, -0.1) is 0 Å². The number of allylic oxidation sites excluding steroid dienone is 2. The molecule has 0 radical (unpaired) electrons. The van der Waals surface area contributed by atoms with Crippen LogP contribution in [0.2, 0.25) is 0 Å². The zero-order chi connectivity index (χ0) is 11.0. The Morgan fingerprint density at radius 3 is 2.81 bits per heavy atom. The Kier molecular flexibility index (Phi) is 2.36. The van der Waals surface area contributed by atoms with Crippen molar-refractivity contribution in [2.75, 3.05) is 20.1 Å². The highest BCUT2D eigenvalue weighted by atomic mass is 15.1. The van der Waals surface area contributed by atoms with E-state index in [1.165, 1.54) is 31.5 Å². The molecule has 1 fully saturated rings. The first-order valence-electron chi connectivity index (χ1n) is 6.20. The van der Waals surface area contributed by atoms with Gasteiger partial charge in [0.15, 0.2) is 0 Å². The average Bonchev–Trinajstić information content (AvgIpc) is 2.67. The summed E-state index contributed by atoms with van der Waals surface area (Å²) in [5.41, 5.74) is 1.93. The molecule has 0 aromatic heterocycles. The van der Waals surface area contributed by atoms with Crippen LogP contribution in [-0.2, 0) is 5.41 Å². The van der Waals surface area contributed by atoms with Gasteiger partial charge in [0.2, 0.25) is 0 Å². The van der Waals surface area contributed by atoms with Crippen molar-refractivity contribution in [1.82, 2.24) is 4.90 Å². The molecule has 1 heteroatoms.